The molecule has 1 heterocycles. The molecule has 2 rings (SSSR count). The minimum atomic E-state index is -0.614. The zero-order valence-electron chi connectivity index (χ0n) is 13.9. The molecule has 0 aliphatic heterocycles. The minimum Gasteiger partial charge on any atom is -0.508 e. The molecule has 0 aliphatic carbocycles. The van der Waals surface area contributed by atoms with Crippen molar-refractivity contribution in [3.05, 3.63) is 46.0 Å². The summed E-state index contributed by atoms with van der Waals surface area (Å²) in [7, 11) is 1.65. The number of halogens is 2. The van der Waals surface area contributed by atoms with Gasteiger partial charge in [0.1, 0.15) is 16.7 Å². The SMILES string of the molecule is CC(C)=C(C)c1c(-c2ccc(O)cc2F)c(Cl)n(C)c1/C(N)=N/O. The molecule has 0 spiro atoms. The third-order valence-corrected chi connectivity index (χ3v) is 4.46. The van der Waals surface area contributed by atoms with E-state index in [1.54, 1.807) is 11.6 Å². The van der Waals surface area contributed by atoms with Crippen LogP contribution in [-0.4, -0.2) is 20.7 Å². The zero-order chi connectivity index (χ0) is 18.2. The number of nitrogens with two attached hydrogens (primary N) is 1. The van der Waals surface area contributed by atoms with Crippen LogP contribution in [0, 0.1) is 5.82 Å². The Morgan fingerprint density at radius 1 is 1.29 bits per heavy atom. The molecule has 0 atom stereocenters. The van der Waals surface area contributed by atoms with Gasteiger partial charge in [0.25, 0.3) is 0 Å². The summed E-state index contributed by atoms with van der Waals surface area (Å²) >= 11 is 6.43. The number of aromatic nitrogens is 1. The highest BCUT2D eigenvalue weighted by atomic mass is 35.5. The molecule has 0 amide bonds. The number of hydrogen-bond donors (Lipinski definition) is 3. The van der Waals surface area contributed by atoms with Crippen LogP contribution in [0.15, 0.2) is 28.9 Å². The first-order chi connectivity index (χ1) is 11.2. The van der Waals surface area contributed by atoms with E-state index in [-0.39, 0.29) is 22.3 Å². The number of amidine groups is 1. The molecule has 5 nitrogen and oxygen atoms in total. The summed E-state index contributed by atoms with van der Waals surface area (Å²) in [6, 6.07) is 3.85. The average molecular weight is 352 g/mol. The Balaban J connectivity index is 2.98. The van der Waals surface area contributed by atoms with Gasteiger partial charge in [0.2, 0.25) is 0 Å². The predicted octanol–water partition coefficient (Wildman–Crippen LogP) is 4.10. The van der Waals surface area contributed by atoms with Gasteiger partial charge in [-0.25, -0.2) is 4.39 Å². The number of phenols is 1. The second-order valence-electron chi connectivity index (χ2n) is 5.72. The summed E-state index contributed by atoms with van der Waals surface area (Å²) in [6.07, 6.45) is 0. The Bertz CT molecular complexity index is 865. The predicted molar refractivity (Wildman–Crippen MR) is 93.9 cm³/mol. The number of rotatable bonds is 3. The van der Waals surface area contributed by atoms with Gasteiger partial charge in [-0.3, -0.25) is 0 Å². The molecule has 2 aromatic rings. The van der Waals surface area contributed by atoms with Gasteiger partial charge in [0.15, 0.2) is 5.84 Å². The number of allylic oxidation sites excluding steroid dienone is 2. The number of aromatic hydroxyl groups is 1. The molecule has 0 bridgehead atoms. The second kappa shape index (κ2) is 6.57. The first-order valence-corrected chi connectivity index (χ1v) is 7.57. The van der Waals surface area contributed by atoms with Crippen molar-refractivity contribution in [1.82, 2.24) is 4.57 Å². The smallest absolute Gasteiger partial charge is 0.187 e. The maximum atomic E-state index is 14.4. The van der Waals surface area contributed by atoms with Gasteiger partial charge in [-0.1, -0.05) is 22.3 Å². The molecule has 0 fully saturated rings. The first-order valence-electron chi connectivity index (χ1n) is 7.20. The number of phenolic OH excluding ortho intramolecular Hbond substituents is 1. The number of benzene rings is 1. The van der Waals surface area contributed by atoms with Crippen molar-refractivity contribution >= 4 is 23.0 Å². The first kappa shape index (κ1) is 17.9. The Morgan fingerprint density at radius 2 is 1.92 bits per heavy atom. The largest absolute Gasteiger partial charge is 0.508 e. The molecule has 1 aromatic heterocycles. The van der Waals surface area contributed by atoms with Crippen LogP contribution in [0.5, 0.6) is 5.75 Å². The third-order valence-electron chi connectivity index (χ3n) is 4.02. The van der Waals surface area contributed by atoms with Gasteiger partial charge in [0, 0.05) is 29.8 Å². The lowest BCUT2D eigenvalue weighted by molar-refractivity contribution is 0.318. The zero-order valence-corrected chi connectivity index (χ0v) is 14.6. The fourth-order valence-electron chi connectivity index (χ4n) is 2.57. The van der Waals surface area contributed by atoms with E-state index >= 15 is 0 Å². The van der Waals surface area contributed by atoms with E-state index in [4.69, 9.17) is 22.5 Å². The lowest BCUT2D eigenvalue weighted by atomic mass is 9.94. The van der Waals surface area contributed by atoms with Crippen molar-refractivity contribution in [2.75, 3.05) is 0 Å². The molecule has 0 radical (unpaired) electrons. The number of nitrogens with zero attached hydrogens (tertiary/aromatic N) is 2. The molecule has 4 N–H and O–H groups in total. The lowest BCUT2D eigenvalue weighted by Gasteiger charge is -2.11. The van der Waals surface area contributed by atoms with E-state index in [1.165, 1.54) is 12.1 Å². The summed E-state index contributed by atoms with van der Waals surface area (Å²) in [5.74, 6) is -0.919. The second-order valence-corrected chi connectivity index (χ2v) is 6.08. The third kappa shape index (κ3) is 2.85. The van der Waals surface area contributed by atoms with Gasteiger partial charge in [-0.05, 0) is 38.5 Å². The molecular formula is C17H19ClFN3O2. The molecule has 0 saturated carbocycles. The van der Waals surface area contributed by atoms with E-state index in [0.717, 1.165) is 17.2 Å². The Kier molecular flexibility index (Phi) is 4.89. The summed E-state index contributed by atoms with van der Waals surface area (Å²) < 4.78 is 16.0. The van der Waals surface area contributed by atoms with E-state index < -0.39 is 5.82 Å². The highest BCUT2D eigenvalue weighted by Gasteiger charge is 2.26. The summed E-state index contributed by atoms with van der Waals surface area (Å²) in [5.41, 5.74) is 9.26. The van der Waals surface area contributed by atoms with E-state index in [0.29, 0.717) is 16.8 Å². The van der Waals surface area contributed by atoms with Crippen LogP contribution in [0.4, 0.5) is 4.39 Å². The van der Waals surface area contributed by atoms with E-state index in [9.17, 15) is 9.50 Å². The van der Waals surface area contributed by atoms with E-state index in [2.05, 4.69) is 5.16 Å². The van der Waals surface area contributed by atoms with Crippen LogP contribution in [0.25, 0.3) is 16.7 Å². The summed E-state index contributed by atoms with van der Waals surface area (Å²) in [6.45, 7) is 5.67. The van der Waals surface area contributed by atoms with Crippen LogP contribution in [-0.2, 0) is 7.05 Å². The Morgan fingerprint density at radius 3 is 2.42 bits per heavy atom. The van der Waals surface area contributed by atoms with Crippen LogP contribution in [0.2, 0.25) is 5.15 Å². The minimum absolute atomic E-state index is 0.125. The molecule has 7 heteroatoms. The fourth-order valence-corrected chi connectivity index (χ4v) is 2.85. The molecule has 0 unspecified atom stereocenters. The maximum absolute atomic E-state index is 14.4. The van der Waals surface area contributed by atoms with Crippen molar-refractivity contribution in [3.8, 4) is 16.9 Å². The molecular weight excluding hydrogens is 333 g/mol. The number of hydrogen-bond acceptors (Lipinski definition) is 3. The monoisotopic (exact) mass is 351 g/mol. The molecule has 0 saturated heterocycles. The normalized spacial score (nSPS) is 11.7. The van der Waals surface area contributed by atoms with Crippen LogP contribution < -0.4 is 5.73 Å². The topological polar surface area (TPSA) is 83.8 Å². The molecule has 24 heavy (non-hydrogen) atoms. The van der Waals surface area contributed by atoms with Crippen molar-refractivity contribution in [2.24, 2.45) is 17.9 Å². The molecule has 128 valence electrons. The Hall–Kier alpha value is -2.47. The molecule has 0 aliphatic rings. The quantitative estimate of drug-likeness (QED) is 0.337. The molecule has 1 aromatic carbocycles. The van der Waals surface area contributed by atoms with Gasteiger partial charge < -0.3 is 20.6 Å². The summed E-state index contributed by atoms with van der Waals surface area (Å²) in [4.78, 5) is 0. The number of oxime groups is 1. The van der Waals surface area contributed by atoms with Crippen LogP contribution in [0.1, 0.15) is 32.0 Å². The highest BCUT2D eigenvalue weighted by Crippen LogP contribution is 2.41. The lowest BCUT2D eigenvalue weighted by Crippen LogP contribution is -2.18. The summed E-state index contributed by atoms with van der Waals surface area (Å²) in [5, 5.41) is 21.9. The van der Waals surface area contributed by atoms with Gasteiger partial charge in [0.05, 0.1) is 5.69 Å². The fraction of sp³-hybridized carbons (Fsp3) is 0.235. The Labute approximate surface area is 144 Å². The van der Waals surface area contributed by atoms with Crippen molar-refractivity contribution in [3.63, 3.8) is 0 Å². The van der Waals surface area contributed by atoms with Crippen LogP contribution in [0.3, 0.4) is 0 Å². The van der Waals surface area contributed by atoms with Crippen molar-refractivity contribution < 1.29 is 14.7 Å². The van der Waals surface area contributed by atoms with Gasteiger partial charge in [-0.2, -0.15) is 0 Å². The highest BCUT2D eigenvalue weighted by molar-refractivity contribution is 6.33. The van der Waals surface area contributed by atoms with Crippen molar-refractivity contribution in [2.45, 2.75) is 20.8 Å². The standard InChI is InChI=1S/C17H19ClFN3O2/c1-8(2)9(3)13-14(11-6-5-10(23)7-12(11)19)16(18)22(4)15(13)17(20)21-24/h5-7,23-24H,1-4H3,(H2,20,21). The maximum Gasteiger partial charge on any atom is 0.187 e. The van der Waals surface area contributed by atoms with Gasteiger partial charge in [-0.15, -0.1) is 0 Å². The van der Waals surface area contributed by atoms with Gasteiger partial charge >= 0.3 is 0 Å². The van der Waals surface area contributed by atoms with Crippen LogP contribution >= 0.6 is 11.6 Å². The van der Waals surface area contributed by atoms with E-state index in [1.807, 2.05) is 20.8 Å². The average Bonchev–Trinajstić information content (AvgIpc) is 2.78. The van der Waals surface area contributed by atoms with Crippen molar-refractivity contribution in [1.29, 1.82) is 0 Å².